The Balaban J connectivity index is 1.43. The number of nitrogens with zero attached hydrogens (tertiary/aromatic N) is 1. The van der Waals surface area contributed by atoms with Gasteiger partial charge in [0.1, 0.15) is 5.75 Å². The molecule has 1 aromatic carbocycles. The summed E-state index contributed by atoms with van der Waals surface area (Å²) in [6.45, 7) is 4.54. The summed E-state index contributed by atoms with van der Waals surface area (Å²) in [5.74, 6) is 1.19. The average molecular weight is 377 g/mol. The van der Waals surface area contributed by atoms with Gasteiger partial charge in [0.25, 0.3) is 5.91 Å². The zero-order valence-corrected chi connectivity index (χ0v) is 15.6. The number of piperidine rings is 3. The Morgan fingerprint density at radius 3 is 2.72 bits per heavy atom. The highest BCUT2D eigenvalue weighted by atomic mass is 35.5. The topological polar surface area (TPSA) is 41.6 Å². The molecular weight excluding hydrogens is 356 g/mol. The van der Waals surface area contributed by atoms with E-state index in [0.29, 0.717) is 32.7 Å². The minimum absolute atomic E-state index is 0.00962. The van der Waals surface area contributed by atoms with Crippen LogP contribution in [0.3, 0.4) is 0 Å². The largest absolute Gasteiger partial charge is 0.445 e. The van der Waals surface area contributed by atoms with Gasteiger partial charge in [-0.05, 0) is 63.0 Å². The summed E-state index contributed by atoms with van der Waals surface area (Å²) in [6.07, 6.45) is 2.36. The van der Waals surface area contributed by atoms with Gasteiger partial charge in [0.15, 0.2) is 5.06 Å². The summed E-state index contributed by atoms with van der Waals surface area (Å²) in [7, 11) is 0. The van der Waals surface area contributed by atoms with E-state index in [-0.39, 0.29) is 11.9 Å². The first kappa shape index (κ1) is 16.9. The fourth-order valence-corrected chi connectivity index (χ4v) is 4.85. The van der Waals surface area contributed by atoms with Crippen LogP contribution in [-0.4, -0.2) is 36.0 Å². The number of carbonyl (C=O) groups excluding carboxylic acids is 1. The van der Waals surface area contributed by atoms with Crippen LogP contribution in [0.25, 0.3) is 0 Å². The molecule has 0 unspecified atom stereocenters. The van der Waals surface area contributed by atoms with Gasteiger partial charge < -0.3 is 10.1 Å². The van der Waals surface area contributed by atoms with Crippen LogP contribution < -0.4 is 10.1 Å². The van der Waals surface area contributed by atoms with Crippen LogP contribution in [-0.2, 0) is 0 Å². The van der Waals surface area contributed by atoms with Crippen LogP contribution in [0.4, 0.5) is 0 Å². The number of ether oxygens (including phenoxy) is 1. The molecular formula is C19H21ClN2O2S. The Kier molecular flexibility index (Phi) is 4.71. The van der Waals surface area contributed by atoms with Crippen LogP contribution in [0.1, 0.15) is 29.4 Å². The van der Waals surface area contributed by atoms with E-state index >= 15 is 0 Å². The summed E-state index contributed by atoms with van der Waals surface area (Å²) < 4.78 is 5.80. The molecule has 4 heterocycles. The van der Waals surface area contributed by atoms with Crippen molar-refractivity contribution in [1.82, 2.24) is 10.2 Å². The lowest BCUT2D eigenvalue weighted by Crippen LogP contribution is -2.62. The molecule has 0 radical (unpaired) electrons. The first-order valence-electron chi connectivity index (χ1n) is 8.69. The Morgan fingerprint density at radius 1 is 1.24 bits per heavy atom. The summed E-state index contributed by atoms with van der Waals surface area (Å²) in [4.78, 5) is 15.8. The number of nitrogens with one attached hydrogen (secondary N) is 1. The lowest BCUT2D eigenvalue weighted by molar-refractivity contribution is 0.0218. The molecule has 6 heteroatoms. The minimum Gasteiger partial charge on any atom is -0.445 e. The van der Waals surface area contributed by atoms with Crippen molar-refractivity contribution in [3.63, 3.8) is 0 Å². The molecule has 3 saturated heterocycles. The van der Waals surface area contributed by atoms with Gasteiger partial charge in [-0.2, -0.15) is 0 Å². The van der Waals surface area contributed by atoms with Crippen molar-refractivity contribution in [3.8, 4) is 10.8 Å². The molecule has 1 aromatic heterocycles. The van der Waals surface area contributed by atoms with Crippen molar-refractivity contribution in [3.05, 3.63) is 46.3 Å². The number of hydrogen-bond donors (Lipinski definition) is 1. The molecule has 4 nitrogen and oxygen atoms in total. The van der Waals surface area contributed by atoms with Gasteiger partial charge in [0.2, 0.25) is 0 Å². The van der Waals surface area contributed by atoms with E-state index in [4.69, 9.17) is 16.3 Å². The molecule has 25 heavy (non-hydrogen) atoms. The van der Waals surface area contributed by atoms with Crippen molar-refractivity contribution < 1.29 is 9.53 Å². The molecule has 3 aliphatic heterocycles. The van der Waals surface area contributed by atoms with Crippen LogP contribution >= 0.6 is 22.9 Å². The van der Waals surface area contributed by atoms with E-state index in [1.165, 1.54) is 24.2 Å². The molecule has 3 fully saturated rings. The lowest BCUT2D eigenvalue weighted by atomic mass is 9.79. The zero-order chi connectivity index (χ0) is 17.4. The maximum absolute atomic E-state index is 12.7. The quantitative estimate of drug-likeness (QED) is 0.859. The van der Waals surface area contributed by atoms with E-state index < -0.39 is 0 Å². The number of fused-ring (bicyclic) bond motifs is 3. The number of para-hydroxylation sites is 1. The summed E-state index contributed by atoms with van der Waals surface area (Å²) in [5, 5.41) is 4.48. The normalized spacial score (nSPS) is 27.9. The van der Waals surface area contributed by atoms with Crippen molar-refractivity contribution in [1.29, 1.82) is 0 Å². The van der Waals surface area contributed by atoms with E-state index in [2.05, 4.69) is 17.1 Å². The average Bonchev–Trinajstić information content (AvgIpc) is 3.09. The Bertz CT molecular complexity index is 768. The Labute approximate surface area is 156 Å². The SMILES string of the molecule is C[C@@H]1[C@H](NC(=O)c2ccc(Oc3ccccc3Cl)s2)C2CCN1CC2. The smallest absolute Gasteiger partial charge is 0.261 e. The highest BCUT2D eigenvalue weighted by Crippen LogP contribution is 2.35. The van der Waals surface area contributed by atoms with Crippen LogP contribution in [0.15, 0.2) is 36.4 Å². The third kappa shape index (κ3) is 3.41. The third-order valence-electron chi connectivity index (χ3n) is 5.33. The molecule has 2 atom stereocenters. The molecule has 2 aromatic rings. The Hall–Kier alpha value is -1.56. The maximum Gasteiger partial charge on any atom is 0.261 e. The second-order valence-corrected chi connectivity index (χ2v) is 8.22. The number of carbonyl (C=O) groups is 1. The van der Waals surface area contributed by atoms with E-state index in [1.807, 2.05) is 30.3 Å². The number of benzene rings is 1. The van der Waals surface area contributed by atoms with Crippen molar-refractivity contribution in [2.75, 3.05) is 13.1 Å². The van der Waals surface area contributed by atoms with Gasteiger partial charge in [-0.3, -0.25) is 9.69 Å². The monoisotopic (exact) mass is 376 g/mol. The second-order valence-electron chi connectivity index (χ2n) is 6.76. The van der Waals surface area contributed by atoms with Gasteiger partial charge in [-0.1, -0.05) is 35.1 Å². The third-order valence-corrected chi connectivity index (χ3v) is 6.60. The molecule has 1 N–H and O–H groups in total. The Morgan fingerprint density at radius 2 is 2.00 bits per heavy atom. The van der Waals surface area contributed by atoms with Crippen molar-refractivity contribution in [2.24, 2.45) is 5.92 Å². The first-order chi connectivity index (χ1) is 12.1. The number of halogens is 1. The summed E-state index contributed by atoms with van der Waals surface area (Å²) in [5.41, 5.74) is 0. The fraction of sp³-hybridized carbons (Fsp3) is 0.421. The van der Waals surface area contributed by atoms with Crippen LogP contribution in [0.2, 0.25) is 5.02 Å². The molecule has 2 bridgehead atoms. The summed E-state index contributed by atoms with van der Waals surface area (Å²) >= 11 is 7.47. The van der Waals surface area contributed by atoms with Gasteiger partial charge in [0.05, 0.1) is 9.90 Å². The lowest BCUT2D eigenvalue weighted by Gasteiger charge is -2.49. The summed E-state index contributed by atoms with van der Waals surface area (Å²) in [6, 6.07) is 11.6. The predicted octanol–water partition coefficient (Wildman–Crippen LogP) is 4.41. The maximum atomic E-state index is 12.7. The van der Waals surface area contributed by atoms with E-state index in [9.17, 15) is 4.79 Å². The second kappa shape index (κ2) is 6.98. The molecule has 0 saturated carbocycles. The number of amides is 1. The van der Waals surface area contributed by atoms with Crippen LogP contribution in [0.5, 0.6) is 10.8 Å². The van der Waals surface area contributed by atoms with Gasteiger partial charge in [-0.25, -0.2) is 0 Å². The van der Waals surface area contributed by atoms with E-state index in [1.54, 1.807) is 6.07 Å². The molecule has 5 rings (SSSR count). The molecule has 132 valence electrons. The van der Waals surface area contributed by atoms with Gasteiger partial charge >= 0.3 is 0 Å². The predicted molar refractivity (Wildman–Crippen MR) is 101 cm³/mol. The van der Waals surface area contributed by atoms with Crippen LogP contribution in [0, 0.1) is 5.92 Å². The highest BCUT2D eigenvalue weighted by Gasteiger charge is 2.40. The molecule has 1 amide bonds. The first-order valence-corrected chi connectivity index (χ1v) is 9.88. The molecule has 0 aliphatic carbocycles. The fourth-order valence-electron chi connectivity index (χ4n) is 3.90. The van der Waals surface area contributed by atoms with Gasteiger partial charge in [-0.15, -0.1) is 0 Å². The van der Waals surface area contributed by atoms with E-state index in [0.717, 1.165) is 13.1 Å². The van der Waals surface area contributed by atoms with Crippen molar-refractivity contribution in [2.45, 2.75) is 31.8 Å². The molecule has 3 aliphatic rings. The van der Waals surface area contributed by atoms with Crippen molar-refractivity contribution >= 4 is 28.8 Å². The molecule has 0 spiro atoms. The zero-order valence-electron chi connectivity index (χ0n) is 14.1. The number of thiophene rings is 1. The van der Waals surface area contributed by atoms with Gasteiger partial charge in [0, 0.05) is 12.1 Å². The highest BCUT2D eigenvalue weighted by molar-refractivity contribution is 7.15. The number of rotatable bonds is 4. The minimum atomic E-state index is -0.00962. The standard InChI is InChI=1S/C19H21ClN2O2S/c1-12-18(13-8-10-22(12)11-9-13)21-19(23)16-6-7-17(25-16)24-15-5-3-2-4-14(15)20/h2-7,12-13,18H,8-11H2,1H3,(H,21,23)/t12-,18+/m1/s1. The number of hydrogen-bond acceptors (Lipinski definition) is 4.